The van der Waals surface area contributed by atoms with Crippen molar-refractivity contribution < 1.29 is 22.5 Å². The summed E-state index contributed by atoms with van der Waals surface area (Å²) in [6.07, 6.45) is -1.72. The Labute approximate surface area is 133 Å². The molecule has 3 rings (SSSR count). The van der Waals surface area contributed by atoms with E-state index >= 15 is 0 Å². The lowest BCUT2D eigenvalue weighted by Crippen LogP contribution is -2.41. The molecule has 0 N–H and O–H groups in total. The van der Waals surface area contributed by atoms with E-state index in [1.165, 1.54) is 6.20 Å². The van der Waals surface area contributed by atoms with E-state index in [-0.39, 0.29) is 11.7 Å². The molecule has 0 spiro atoms. The van der Waals surface area contributed by atoms with Gasteiger partial charge in [0.05, 0.1) is 11.2 Å². The second-order valence-electron chi connectivity index (χ2n) is 7.28. The molecule has 0 bridgehead atoms. The van der Waals surface area contributed by atoms with Crippen molar-refractivity contribution >= 4 is 7.12 Å². The van der Waals surface area contributed by atoms with E-state index in [0.29, 0.717) is 5.69 Å². The number of nitrogens with zero attached hydrogens (tertiary/aromatic N) is 2. The maximum absolute atomic E-state index is 12.8. The predicted octanol–water partition coefficient (Wildman–Crippen LogP) is 3.84. The smallest absolute Gasteiger partial charge is 0.403 e. The third-order valence-electron chi connectivity index (χ3n) is 5.26. The SMILES string of the molecule is CC1(C)OB([C@@H]2CC[C@H]2c2ccnc(C(F)(F)F)n2)OC1(C)C. The van der Waals surface area contributed by atoms with Crippen LogP contribution in [0.5, 0.6) is 0 Å². The standard InChI is InChI=1S/C15H20BF3N2O2/c1-13(2)14(3,4)23-16(22-13)10-6-5-9(10)11-7-8-20-12(21-11)15(17,18)19/h7-10H,5-6H2,1-4H3/t9-,10-/m1/s1. The summed E-state index contributed by atoms with van der Waals surface area (Å²) in [5.74, 6) is -1.16. The molecule has 1 aliphatic carbocycles. The highest BCUT2D eigenvalue weighted by Crippen LogP contribution is 2.53. The van der Waals surface area contributed by atoms with Crippen LogP contribution in [0.3, 0.4) is 0 Å². The first kappa shape index (κ1) is 16.7. The van der Waals surface area contributed by atoms with Crippen LogP contribution >= 0.6 is 0 Å². The zero-order valence-corrected chi connectivity index (χ0v) is 13.6. The largest absolute Gasteiger partial charge is 0.461 e. The number of alkyl halides is 3. The Morgan fingerprint density at radius 2 is 1.74 bits per heavy atom. The molecule has 2 fully saturated rings. The van der Waals surface area contributed by atoms with Crippen molar-refractivity contribution in [2.45, 2.75) is 69.7 Å². The molecule has 126 valence electrons. The van der Waals surface area contributed by atoms with Crippen LogP contribution in [0.15, 0.2) is 12.3 Å². The molecule has 0 amide bonds. The molecular weight excluding hydrogens is 308 g/mol. The first-order valence-electron chi connectivity index (χ1n) is 7.77. The lowest BCUT2D eigenvalue weighted by Gasteiger charge is -2.37. The predicted molar refractivity (Wildman–Crippen MR) is 78.8 cm³/mol. The highest BCUT2D eigenvalue weighted by molar-refractivity contribution is 6.48. The van der Waals surface area contributed by atoms with Crippen LogP contribution in [0.1, 0.15) is 58.0 Å². The molecule has 23 heavy (non-hydrogen) atoms. The Hall–Kier alpha value is -1.15. The maximum atomic E-state index is 12.8. The van der Waals surface area contributed by atoms with Gasteiger partial charge in [0.15, 0.2) is 0 Å². The molecule has 1 saturated carbocycles. The molecule has 1 aromatic heterocycles. The highest BCUT2D eigenvalue weighted by Gasteiger charge is 2.57. The molecule has 2 heterocycles. The topological polar surface area (TPSA) is 44.2 Å². The van der Waals surface area contributed by atoms with E-state index in [2.05, 4.69) is 9.97 Å². The third-order valence-corrected chi connectivity index (χ3v) is 5.26. The van der Waals surface area contributed by atoms with Gasteiger partial charge in [-0.3, -0.25) is 0 Å². The zero-order valence-electron chi connectivity index (χ0n) is 13.6. The van der Waals surface area contributed by atoms with Crippen molar-refractivity contribution in [1.82, 2.24) is 9.97 Å². The maximum Gasteiger partial charge on any atom is 0.461 e. The van der Waals surface area contributed by atoms with Gasteiger partial charge in [0, 0.05) is 23.6 Å². The summed E-state index contributed by atoms with van der Waals surface area (Å²) >= 11 is 0. The molecule has 2 aliphatic rings. The van der Waals surface area contributed by atoms with Gasteiger partial charge in [-0.25, -0.2) is 9.97 Å². The minimum atomic E-state index is -4.53. The van der Waals surface area contributed by atoms with E-state index in [4.69, 9.17) is 9.31 Å². The van der Waals surface area contributed by atoms with Crippen LogP contribution < -0.4 is 0 Å². The van der Waals surface area contributed by atoms with Gasteiger partial charge in [0.2, 0.25) is 5.82 Å². The fourth-order valence-corrected chi connectivity index (χ4v) is 3.00. The van der Waals surface area contributed by atoms with Gasteiger partial charge in [0.1, 0.15) is 0 Å². The Morgan fingerprint density at radius 3 is 2.22 bits per heavy atom. The van der Waals surface area contributed by atoms with Gasteiger partial charge in [-0.15, -0.1) is 0 Å². The fraction of sp³-hybridized carbons (Fsp3) is 0.733. The van der Waals surface area contributed by atoms with Crippen molar-refractivity contribution in [3.63, 3.8) is 0 Å². The Bertz CT molecular complexity index is 591. The third kappa shape index (κ3) is 2.87. The van der Waals surface area contributed by atoms with Crippen molar-refractivity contribution in [3.8, 4) is 0 Å². The number of aromatic nitrogens is 2. The van der Waals surface area contributed by atoms with E-state index in [0.717, 1.165) is 12.8 Å². The van der Waals surface area contributed by atoms with E-state index < -0.39 is 30.3 Å². The second-order valence-corrected chi connectivity index (χ2v) is 7.28. The average Bonchev–Trinajstić information content (AvgIpc) is 2.55. The molecule has 0 radical (unpaired) electrons. The highest BCUT2D eigenvalue weighted by atomic mass is 19.4. The molecule has 0 unspecified atom stereocenters. The van der Waals surface area contributed by atoms with Crippen molar-refractivity contribution in [2.24, 2.45) is 0 Å². The first-order valence-corrected chi connectivity index (χ1v) is 7.77. The average molecular weight is 328 g/mol. The van der Waals surface area contributed by atoms with Crippen molar-refractivity contribution in [1.29, 1.82) is 0 Å². The number of halogens is 3. The molecule has 2 atom stereocenters. The molecule has 1 saturated heterocycles. The van der Waals surface area contributed by atoms with Crippen molar-refractivity contribution in [2.75, 3.05) is 0 Å². The summed E-state index contributed by atoms with van der Waals surface area (Å²) in [6, 6.07) is 1.55. The Kier molecular flexibility index (Phi) is 3.76. The summed E-state index contributed by atoms with van der Waals surface area (Å²) in [7, 11) is -0.414. The van der Waals surface area contributed by atoms with Crippen LogP contribution in [0.25, 0.3) is 0 Å². The summed E-state index contributed by atoms with van der Waals surface area (Å²) in [6.45, 7) is 7.86. The van der Waals surface area contributed by atoms with Gasteiger partial charge in [-0.2, -0.15) is 13.2 Å². The minimum Gasteiger partial charge on any atom is -0.403 e. The fourth-order valence-electron chi connectivity index (χ4n) is 3.00. The Morgan fingerprint density at radius 1 is 1.13 bits per heavy atom. The first-order chi connectivity index (χ1) is 10.5. The lowest BCUT2D eigenvalue weighted by atomic mass is 9.53. The van der Waals surface area contributed by atoms with E-state index in [1.807, 2.05) is 27.7 Å². The molecule has 1 aliphatic heterocycles. The lowest BCUT2D eigenvalue weighted by molar-refractivity contribution is -0.145. The number of hydrogen-bond acceptors (Lipinski definition) is 4. The Balaban J connectivity index is 1.79. The molecule has 4 nitrogen and oxygen atoms in total. The van der Waals surface area contributed by atoms with Gasteiger partial charge < -0.3 is 9.31 Å². The molecule has 8 heteroatoms. The van der Waals surface area contributed by atoms with Crippen molar-refractivity contribution in [3.05, 3.63) is 23.8 Å². The summed E-state index contributed by atoms with van der Waals surface area (Å²) in [5.41, 5.74) is -0.473. The zero-order chi connectivity index (χ0) is 17.0. The van der Waals surface area contributed by atoms with Crippen LogP contribution in [0.4, 0.5) is 13.2 Å². The number of rotatable bonds is 2. The van der Waals surface area contributed by atoms with Crippen LogP contribution in [-0.2, 0) is 15.5 Å². The van der Waals surface area contributed by atoms with Gasteiger partial charge in [-0.1, -0.05) is 6.42 Å². The van der Waals surface area contributed by atoms with Gasteiger partial charge >= 0.3 is 13.3 Å². The van der Waals surface area contributed by atoms with Crippen LogP contribution in [0.2, 0.25) is 5.82 Å². The molecule has 1 aromatic rings. The van der Waals surface area contributed by atoms with E-state index in [9.17, 15) is 13.2 Å². The van der Waals surface area contributed by atoms with Crippen LogP contribution in [0, 0.1) is 0 Å². The number of hydrogen-bond donors (Lipinski definition) is 0. The van der Waals surface area contributed by atoms with Crippen LogP contribution in [-0.4, -0.2) is 28.3 Å². The van der Waals surface area contributed by atoms with Gasteiger partial charge in [-0.05, 0) is 40.2 Å². The second kappa shape index (κ2) is 5.18. The summed E-state index contributed by atoms with van der Waals surface area (Å²) in [5, 5.41) is 0. The monoisotopic (exact) mass is 328 g/mol. The molecule has 0 aromatic carbocycles. The normalized spacial score (nSPS) is 29.4. The minimum absolute atomic E-state index is 0.0204. The summed E-state index contributed by atoms with van der Waals surface area (Å²) < 4.78 is 50.4. The van der Waals surface area contributed by atoms with E-state index in [1.54, 1.807) is 6.07 Å². The molecular formula is C15H20BF3N2O2. The quantitative estimate of drug-likeness (QED) is 0.774. The summed E-state index contributed by atoms with van der Waals surface area (Å²) in [4.78, 5) is 7.03. The van der Waals surface area contributed by atoms with Gasteiger partial charge in [0.25, 0.3) is 0 Å².